The van der Waals surface area contributed by atoms with Gasteiger partial charge in [0, 0.05) is 26.0 Å². The summed E-state index contributed by atoms with van der Waals surface area (Å²) in [7, 11) is 1.36. The minimum Gasteiger partial charge on any atom is -0.465 e. The summed E-state index contributed by atoms with van der Waals surface area (Å²) in [5.74, 6) is -0.685. The molecule has 2 aromatic rings. The molecule has 0 atom stereocenters. The Labute approximate surface area is 171 Å². The molecule has 0 unspecified atom stereocenters. The smallest absolute Gasteiger partial charge is 0.341 e. The molecule has 0 fully saturated rings. The number of amides is 1. The van der Waals surface area contributed by atoms with Crippen LogP contribution in [0.15, 0.2) is 28.7 Å². The van der Waals surface area contributed by atoms with Gasteiger partial charge in [-0.2, -0.15) is 0 Å². The third-order valence-corrected chi connectivity index (χ3v) is 6.51. The molecule has 1 aliphatic rings. The van der Waals surface area contributed by atoms with E-state index in [-0.39, 0.29) is 17.0 Å². The predicted octanol–water partition coefficient (Wildman–Crippen LogP) is 4.71. The summed E-state index contributed by atoms with van der Waals surface area (Å²) in [5.41, 5.74) is 1.44. The van der Waals surface area contributed by atoms with E-state index in [9.17, 15) is 9.59 Å². The Hall–Kier alpha value is -1.70. The van der Waals surface area contributed by atoms with Crippen molar-refractivity contribution in [1.29, 1.82) is 0 Å². The second-order valence-corrected chi connectivity index (χ2v) is 9.82. The number of halogens is 1. The number of benzene rings is 1. The molecule has 1 aliphatic heterocycles. The Bertz CT molecular complexity index is 918. The number of hydrogen-bond acceptors (Lipinski definition) is 5. The van der Waals surface area contributed by atoms with Crippen LogP contribution in [0, 0.1) is 0 Å². The van der Waals surface area contributed by atoms with Crippen molar-refractivity contribution in [3.63, 3.8) is 0 Å². The van der Waals surface area contributed by atoms with Gasteiger partial charge in [-0.3, -0.25) is 4.79 Å². The van der Waals surface area contributed by atoms with E-state index >= 15 is 0 Å². The fourth-order valence-corrected chi connectivity index (χ4v) is 5.40. The van der Waals surface area contributed by atoms with Crippen molar-refractivity contribution in [2.45, 2.75) is 45.2 Å². The maximum Gasteiger partial charge on any atom is 0.341 e. The third kappa shape index (κ3) is 3.95. The molecule has 0 radical (unpaired) electrons. The highest BCUT2D eigenvalue weighted by Crippen LogP contribution is 2.45. The maximum absolute atomic E-state index is 12.7. The second-order valence-electron chi connectivity index (χ2n) is 7.88. The van der Waals surface area contributed by atoms with Crippen LogP contribution in [0.25, 0.3) is 0 Å². The summed E-state index contributed by atoms with van der Waals surface area (Å²) in [5, 5.41) is 7.07. The summed E-state index contributed by atoms with van der Waals surface area (Å²) < 4.78 is 5.85. The first-order valence-electron chi connectivity index (χ1n) is 8.65. The predicted molar refractivity (Wildman–Crippen MR) is 112 cm³/mol. The monoisotopic (exact) mass is 450 g/mol. The largest absolute Gasteiger partial charge is 0.465 e. The normalized spacial score (nSPS) is 17.1. The minimum atomic E-state index is -0.425. The summed E-state index contributed by atoms with van der Waals surface area (Å²) in [4.78, 5) is 26.4. The van der Waals surface area contributed by atoms with Crippen LogP contribution in [-0.4, -0.2) is 24.5 Å². The van der Waals surface area contributed by atoms with Gasteiger partial charge in [0.05, 0.1) is 12.7 Å². The lowest BCUT2D eigenvalue weighted by Crippen LogP contribution is -2.55. The molecule has 0 bridgehead atoms. The zero-order valence-corrected chi connectivity index (χ0v) is 18.4. The van der Waals surface area contributed by atoms with Crippen molar-refractivity contribution >= 4 is 44.1 Å². The lowest BCUT2D eigenvalue weighted by Gasteiger charge is -2.42. The van der Waals surface area contributed by atoms with Gasteiger partial charge in [0.25, 0.3) is 5.91 Å². The lowest BCUT2D eigenvalue weighted by molar-refractivity contribution is 0.0600. The first kappa shape index (κ1) is 20.0. The Balaban J connectivity index is 2.07. The topological polar surface area (TPSA) is 67.4 Å². The van der Waals surface area contributed by atoms with Crippen molar-refractivity contribution in [1.82, 2.24) is 5.32 Å². The minimum absolute atomic E-state index is 0.175. The van der Waals surface area contributed by atoms with Crippen molar-refractivity contribution in [2.75, 3.05) is 12.4 Å². The van der Waals surface area contributed by atoms with E-state index in [4.69, 9.17) is 4.74 Å². The van der Waals surface area contributed by atoms with Crippen LogP contribution in [0.1, 0.15) is 58.9 Å². The average molecular weight is 451 g/mol. The number of thiophene rings is 1. The molecule has 5 nitrogen and oxygen atoms in total. The Morgan fingerprint density at radius 1 is 1.26 bits per heavy atom. The second kappa shape index (κ2) is 7.04. The van der Waals surface area contributed by atoms with E-state index in [1.807, 2.05) is 6.07 Å². The quantitative estimate of drug-likeness (QED) is 0.664. The maximum atomic E-state index is 12.7. The number of carbonyl (C=O) groups excluding carboxylic acids is 2. The Morgan fingerprint density at radius 3 is 2.59 bits per heavy atom. The lowest BCUT2D eigenvalue weighted by atomic mass is 9.81. The Morgan fingerprint density at radius 2 is 1.96 bits per heavy atom. The summed E-state index contributed by atoms with van der Waals surface area (Å²) >= 11 is 4.81. The highest BCUT2D eigenvalue weighted by atomic mass is 79.9. The van der Waals surface area contributed by atoms with Gasteiger partial charge in [-0.15, -0.1) is 11.3 Å². The standard InChI is InChI=1S/C20H23BrN2O3S/c1-19(2)10-13-14(18(25)26-5)17(27-15(13)20(3,4)23-19)22-16(24)11-7-6-8-12(21)9-11/h6-9,23H,10H2,1-5H3,(H,22,24). The molecule has 0 spiro atoms. The van der Waals surface area contributed by atoms with E-state index < -0.39 is 5.97 Å². The van der Waals surface area contributed by atoms with Crippen LogP contribution >= 0.6 is 27.3 Å². The molecule has 3 rings (SSSR count). The van der Waals surface area contributed by atoms with Crippen molar-refractivity contribution in [3.05, 3.63) is 50.3 Å². The molecule has 2 N–H and O–H groups in total. The van der Waals surface area contributed by atoms with Gasteiger partial charge in [0.1, 0.15) is 5.00 Å². The molecule has 2 heterocycles. The van der Waals surface area contributed by atoms with Gasteiger partial charge < -0.3 is 15.4 Å². The highest BCUT2D eigenvalue weighted by molar-refractivity contribution is 9.10. The van der Waals surface area contributed by atoms with Crippen LogP contribution in [0.4, 0.5) is 5.00 Å². The number of nitrogens with one attached hydrogen (secondary N) is 2. The van der Waals surface area contributed by atoms with Crippen LogP contribution in [0.5, 0.6) is 0 Å². The molecule has 1 amide bonds. The number of fused-ring (bicyclic) bond motifs is 1. The number of ether oxygens (including phenoxy) is 1. The van der Waals surface area contributed by atoms with Gasteiger partial charge in [-0.25, -0.2) is 4.79 Å². The molecule has 0 saturated heterocycles. The number of carbonyl (C=O) groups is 2. The molecule has 27 heavy (non-hydrogen) atoms. The third-order valence-electron chi connectivity index (χ3n) is 4.55. The summed E-state index contributed by atoms with van der Waals surface area (Å²) in [6, 6.07) is 7.14. The van der Waals surface area contributed by atoms with Gasteiger partial charge in [-0.05, 0) is 57.9 Å². The molecule has 1 aromatic carbocycles. The van der Waals surface area contributed by atoms with E-state index in [2.05, 4.69) is 54.3 Å². The molecular formula is C20H23BrN2O3S. The summed E-state index contributed by atoms with van der Waals surface area (Å²) in [6.07, 6.45) is 0.680. The zero-order chi connectivity index (χ0) is 20.0. The number of hydrogen-bond donors (Lipinski definition) is 2. The van der Waals surface area contributed by atoms with E-state index in [1.54, 1.807) is 18.2 Å². The number of anilines is 1. The van der Waals surface area contributed by atoms with Crippen molar-refractivity contribution in [2.24, 2.45) is 0 Å². The average Bonchev–Trinajstić information content (AvgIpc) is 2.91. The van der Waals surface area contributed by atoms with Crippen LogP contribution in [0.2, 0.25) is 0 Å². The fraction of sp³-hybridized carbons (Fsp3) is 0.400. The number of rotatable bonds is 3. The molecule has 144 valence electrons. The fourth-order valence-electron chi connectivity index (χ4n) is 3.74. The Kier molecular flexibility index (Phi) is 5.22. The van der Waals surface area contributed by atoms with Gasteiger partial charge in [-0.1, -0.05) is 22.0 Å². The number of esters is 1. The first-order valence-corrected chi connectivity index (χ1v) is 10.3. The van der Waals surface area contributed by atoms with E-state index in [1.165, 1.54) is 18.4 Å². The molecule has 1 aromatic heterocycles. The number of methoxy groups -OCH3 is 1. The highest BCUT2D eigenvalue weighted by Gasteiger charge is 2.42. The van der Waals surface area contributed by atoms with Gasteiger partial charge in [0.15, 0.2) is 0 Å². The van der Waals surface area contributed by atoms with Gasteiger partial charge >= 0.3 is 5.97 Å². The first-order chi connectivity index (χ1) is 12.5. The molecular weight excluding hydrogens is 428 g/mol. The zero-order valence-electron chi connectivity index (χ0n) is 16.0. The summed E-state index contributed by atoms with van der Waals surface area (Å²) in [6.45, 7) is 8.39. The van der Waals surface area contributed by atoms with E-state index in [0.29, 0.717) is 22.5 Å². The van der Waals surface area contributed by atoms with Crippen LogP contribution in [-0.2, 0) is 16.7 Å². The van der Waals surface area contributed by atoms with Crippen LogP contribution in [0.3, 0.4) is 0 Å². The molecule has 0 aliphatic carbocycles. The van der Waals surface area contributed by atoms with Gasteiger partial charge in [0.2, 0.25) is 0 Å². The molecule has 7 heteroatoms. The van der Waals surface area contributed by atoms with E-state index in [0.717, 1.165) is 14.9 Å². The molecule has 0 saturated carbocycles. The SMILES string of the molecule is COC(=O)c1c(NC(=O)c2cccc(Br)c2)sc2c1CC(C)(C)NC2(C)C. The van der Waals surface area contributed by atoms with Crippen molar-refractivity contribution in [3.8, 4) is 0 Å². The van der Waals surface area contributed by atoms with Crippen molar-refractivity contribution < 1.29 is 14.3 Å². The van der Waals surface area contributed by atoms with Crippen LogP contribution < -0.4 is 10.6 Å².